The Hall–Kier alpha value is -0.790. The van der Waals surface area contributed by atoms with Gasteiger partial charge in [-0.05, 0) is 12.8 Å². The fourth-order valence-corrected chi connectivity index (χ4v) is 0.522. The van der Waals surface area contributed by atoms with E-state index in [1.165, 1.54) is 6.34 Å². The van der Waals surface area contributed by atoms with E-state index in [1.54, 1.807) is 0 Å². The highest BCUT2D eigenvalue weighted by Crippen LogP contribution is 1.94. The Bertz CT molecular complexity index is 116. The summed E-state index contributed by atoms with van der Waals surface area (Å²) < 4.78 is 0. The van der Waals surface area contributed by atoms with E-state index in [0.29, 0.717) is 5.92 Å². The predicted molar refractivity (Wildman–Crippen MR) is 45.1 cm³/mol. The summed E-state index contributed by atoms with van der Waals surface area (Å²) in [4.78, 5) is 1.83. The zero-order chi connectivity index (χ0) is 7.98. The quantitative estimate of drug-likeness (QED) is 0.470. The molecule has 0 saturated heterocycles. The van der Waals surface area contributed by atoms with E-state index in [-0.39, 0.29) is 0 Å². The van der Waals surface area contributed by atoms with E-state index in [1.807, 2.05) is 18.0 Å². The summed E-state index contributed by atoms with van der Waals surface area (Å²) in [6, 6.07) is 0. The summed E-state index contributed by atoms with van der Waals surface area (Å²) in [6.45, 7) is 7.13. The molecule has 0 aromatic rings. The lowest BCUT2D eigenvalue weighted by atomic mass is 10.2. The van der Waals surface area contributed by atoms with Crippen LogP contribution in [0, 0.1) is 11.3 Å². The van der Waals surface area contributed by atoms with E-state index in [9.17, 15) is 0 Å². The lowest BCUT2D eigenvalue weighted by Gasteiger charge is -2.09. The Kier molecular flexibility index (Phi) is 4.63. The first kappa shape index (κ1) is 9.21. The molecule has 0 saturated carbocycles. The van der Waals surface area contributed by atoms with E-state index in [2.05, 4.69) is 19.9 Å². The minimum absolute atomic E-state index is 0.564. The molecule has 2 heteroatoms. The number of hydrogen-bond acceptors (Lipinski definition) is 1. The molecule has 0 aromatic heterocycles. The Morgan fingerprint density at radius 1 is 1.50 bits per heavy atom. The molecule has 0 aliphatic rings. The highest BCUT2D eigenvalue weighted by Gasteiger charge is 1.88. The molecule has 0 aromatic carbocycles. The highest BCUT2D eigenvalue weighted by atomic mass is 15.1. The van der Waals surface area contributed by atoms with Gasteiger partial charge in [0.05, 0.1) is 6.34 Å². The average molecular weight is 140 g/mol. The van der Waals surface area contributed by atoms with Crippen LogP contribution in [-0.4, -0.2) is 17.8 Å². The van der Waals surface area contributed by atoms with Crippen LogP contribution in [0.5, 0.6) is 0 Å². The SMILES string of the molecule is CCN(C=N)/C=C\C(C)C. The molecule has 2 nitrogen and oxygen atoms in total. The molecule has 1 N–H and O–H groups in total. The molecular formula is C8H16N2. The Balaban J connectivity index is 3.72. The number of rotatable bonds is 4. The van der Waals surface area contributed by atoms with Crippen molar-refractivity contribution >= 4 is 6.34 Å². The van der Waals surface area contributed by atoms with Crippen LogP contribution in [0.1, 0.15) is 20.8 Å². The molecule has 0 aliphatic carbocycles. The molecule has 0 aliphatic heterocycles. The third kappa shape index (κ3) is 4.13. The van der Waals surface area contributed by atoms with Crippen LogP contribution in [0.25, 0.3) is 0 Å². The minimum atomic E-state index is 0.564. The topological polar surface area (TPSA) is 27.1 Å². The molecule has 0 bridgehead atoms. The fraction of sp³-hybridized carbons (Fsp3) is 0.625. The normalized spacial score (nSPS) is 10.8. The van der Waals surface area contributed by atoms with Gasteiger partial charge in [-0.2, -0.15) is 0 Å². The van der Waals surface area contributed by atoms with Gasteiger partial charge in [-0.1, -0.05) is 19.9 Å². The fourth-order valence-electron chi connectivity index (χ4n) is 0.522. The number of allylic oxidation sites excluding steroid dienone is 1. The van der Waals surface area contributed by atoms with Crippen molar-refractivity contribution in [3.8, 4) is 0 Å². The zero-order valence-corrected chi connectivity index (χ0v) is 6.96. The van der Waals surface area contributed by atoms with Gasteiger partial charge in [-0.3, -0.25) is 5.41 Å². The second-order valence-corrected chi connectivity index (χ2v) is 2.55. The molecular weight excluding hydrogens is 124 g/mol. The Labute approximate surface area is 63.0 Å². The third-order valence-corrected chi connectivity index (χ3v) is 1.19. The summed E-state index contributed by atoms with van der Waals surface area (Å²) in [7, 11) is 0. The van der Waals surface area contributed by atoms with Crippen molar-refractivity contribution in [2.24, 2.45) is 5.92 Å². The zero-order valence-electron chi connectivity index (χ0n) is 6.96. The van der Waals surface area contributed by atoms with Crippen molar-refractivity contribution in [1.82, 2.24) is 4.90 Å². The standard InChI is InChI=1S/C8H16N2/c1-4-10(7-9)6-5-8(2)3/h5-9H,4H2,1-3H3/b6-5-,9-7?. The molecule has 0 fully saturated rings. The van der Waals surface area contributed by atoms with E-state index in [4.69, 9.17) is 5.41 Å². The molecule has 0 amide bonds. The monoisotopic (exact) mass is 140 g/mol. The smallest absolute Gasteiger partial charge is 0.0856 e. The van der Waals surface area contributed by atoms with Crippen molar-refractivity contribution in [3.05, 3.63) is 12.3 Å². The predicted octanol–water partition coefficient (Wildman–Crippen LogP) is 2.09. The molecule has 0 radical (unpaired) electrons. The van der Waals surface area contributed by atoms with Crippen molar-refractivity contribution in [1.29, 1.82) is 5.41 Å². The van der Waals surface area contributed by atoms with Crippen LogP contribution in [0.2, 0.25) is 0 Å². The van der Waals surface area contributed by atoms with Gasteiger partial charge in [-0.15, -0.1) is 0 Å². The third-order valence-electron chi connectivity index (χ3n) is 1.19. The van der Waals surface area contributed by atoms with E-state index in [0.717, 1.165) is 6.54 Å². The van der Waals surface area contributed by atoms with Gasteiger partial charge in [0.2, 0.25) is 0 Å². The van der Waals surface area contributed by atoms with Crippen LogP contribution in [0.4, 0.5) is 0 Å². The van der Waals surface area contributed by atoms with Crippen LogP contribution in [-0.2, 0) is 0 Å². The van der Waals surface area contributed by atoms with E-state index >= 15 is 0 Å². The molecule has 0 spiro atoms. The van der Waals surface area contributed by atoms with Crippen molar-refractivity contribution in [2.45, 2.75) is 20.8 Å². The van der Waals surface area contributed by atoms with Gasteiger partial charge in [-0.25, -0.2) is 0 Å². The van der Waals surface area contributed by atoms with Gasteiger partial charge in [0.1, 0.15) is 0 Å². The highest BCUT2D eigenvalue weighted by molar-refractivity contribution is 5.52. The summed E-state index contributed by atoms with van der Waals surface area (Å²) in [5.41, 5.74) is 0. The lowest BCUT2D eigenvalue weighted by Crippen LogP contribution is -2.12. The van der Waals surface area contributed by atoms with Crippen molar-refractivity contribution in [3.63, 3.8) is 0 Å². The van der Waals surface area contributed by atoms with Crippen molar-refractivity contribution in [2.75, 3.05) is 6.54 Å². The molecule has 0 heterocycles. The second-order valence-electron chi connectivity index (χ2n) is 2.55. The summed E-state index contributed by atoms with van der Waals surface area (Å²) in [5.74, 6) is 0.564. The van der Waals surface area contributed by atoms with Crippen LogP contribution in [0.3, 0.4) is 0 Å². The first-order valence-electron chi connectivity index (χ1n) is 3.65. The summed E-state index contributed by atoms with van der Waals surface area (Å²) in [5, 5.41) is 6.95. The minimum Gasteiger partial charge on any atom is -0.340 e. The first-order valence-corrected chi connectivity index (χ1v) is 3.65. The molecule has 58 valence electrons. The maximum atomic E-state index is 6.95. The summed E-state index contributed by atoms with van der Waals surface area (Å²) >= 11 is 0. The van der Waals surface area contributed by atoms with Crippen LogP contribution >= 0.6 is 0 Å². The molecule has 0 rings (SSSR count). The largest absolute Gasteiger partial charge is 0.340 e. The first-order chi connectivity index (χ1) is 4.70. The number of nitrogens with zero attached hydrogens (tertiary/aromatic N) is 1. The van der Waals surface area contributed by atoms with Gasteiger partial charge >= 0.3 is 0 Å². The molecule has 10 heavy (non-hydrogen) atoms. The number of nitrogens with one attached hydrogen (secondary N) is 1. The molecule has 0 atom stereocenters. The Morgan fingerprint density at radius 3 is 2.40 bits per heavy atom. The maximum Gasteiger partial charge on any atom is 0.0856 e. The van der Waals surface area contributed by atoms with Crippen LogP contribution < -0.4 is 0 Å². The average Bonchev–Trinajstić information content (AvgIpc) is 1.90. The Morgan fingerprint density at radius 2 is 2.10 bits per heavy atom. The second kappa shape index (κ2) is 5.03. The van der Waals surface area contributed by atoms with Crippen molar-refractivity contribution < 1.29 is 0 Å². The van der Waals surface area contributed by atoms with Gasteiger partial charge in [0.25, 0.3) is 0 Å². The van der Waals surface area contributed by atoms with Gasteiger partial charge in [0, 0.05) is 12.7 Å². The van der Waals surface area contributed by atoms with E-state index < -0.39 is 0 Å². The van der Waals surface area contributed by atoms with Gasteiger partial charge in [0.15, 0.2) is 0 Å². The summed E-state index contributed by atoms with van der Waals surface area (Å²) in [6.07, 6.45) is 5.35. The van der Waals surface area contributed by atoms with Crippen LogP contribution in [0.15, 0.2) is 12.3 Å². The number of hydrogen-bond donors (Lipinski definition) is 1. The van der Waals surface area contributed by atoms with Gasteiger partial charge < -0.3 is 4.90 Å². The lowest BCUT2D eigenvalue weighted by molar-refractivity contribution is 0.595. The molecule has 0 unspecified atom stereocenters. The maximum absolute atomic E-state index is 6.95.